The van der Waals surface area contributed by atoms with Crippen LogP contribution in [0.1, 0.15) is 12.0 Å². The topological polar surface area (TPSA) is 47.6 Å². The molecule has 0 aromatic heterocycles. The van der Waals surface area contributed by atoms with E-state index in [2.05, 4.69) is 5.32 Å². The van der Waals surface area contributed by atoms with Gasteiger partial charge in [0.1, 0.15) is 11.5 Å². The van der Waals surface area contributed by atoms with E-state index in [9.17, 15) is 4.79 Å². The molecule has 0 radical (unpaired) electrons. The van der Waals surface area contributed by atoms with Gasteiger partial charge in [-0.25, -0.2) is 0 Å². The smallest absolute Gasteiger partial charge is 0.224 e. The summed E-state index contributed by atoms with van der Waals surface area (Å²) in [5.41, 5.74) is 1.80. The molecule has 4 nitrogen and oxygen atoms in total. The van der Waals surface area contributed by atoms with Crippen LogP contribution in [-0.4, -0.2) is 20.1 Å². The molecule has 0 bridgehead atoms. The first-order valence-corrected chi connectivity index (χ1v) is 6.78. The Bertz CT molecular complexity index is 593. The first-order valence-electron chi connectivity index (χ1n) is 6.78. The van der Waals surface area contributed by atoms with Gasteiger partial charge in [0, 0.05) is 6.42 Å². The second-order valence-electron chi connectivity index (χ2n) is 4.60. The van der Waals surface area contributed by atoms with Gasteiger partial charge in [-0.3, -0.25) is 4.79 Å². The van der Waals surface area contributed by atoms with Gasteiger partial charge in [0.25, 0.3) is 0 Å². The number of carbonyl (C=O) groups excluding carboxylic acids is 1. The molecule has 2 rings (SSSR count). The lowest BCUT2D eigenvalue weighted by molar-refractivity contribution is -0.116. The highest BCUT2D eigenvalue weighted by atomic mass is 16.5. The number of hydrogen-bond donors (Lipinski definition) is 1. The molecule has 0 heterocycles. The van der Waals surface area contributed by atoms with E-state index in [1.54, 1.807) is 14.2 Å². The van der Waals surface area contributed by atoms with Crippen LogP contribution in [-0.2, 0) is 11.2 Å². The van der Waals surface area contributed by atoms with Crippen molar-refractivity contribution in [3.63, 3.8) is 0 Å². The minimum atomic E-state index is -0.0321. The molecule has 21 heavy (non-hydrogen) atoms. The lowest BCUT2D eigenvalue weighted by Gasteiger charge is -2.09. The molecule has 1 N–H and O–H groups in total. The number of aryl methyl sites for hydroxylation is 1. The molecule has 0 aliphatic heterocycles. The van der Waals surface area contributed by atoms with Gasteiger partial charge < -0.3 is 14.8 Å². The maximum atomic E-state index is 12.0. The van der Waals surface area contributed by atoms with Crippen molar-refractivity contribution < 1.29 is 14.3 Å². The molecule has 0 aliphatic carbocycles. The Hall–Kier alpha value is -2.49. The van der Waals surface area contributed by atoms with Gasteiger partial charge in [0.2, 0.25) is 5.91 Å². The van der Waals surface area contributed by atoms with Crippen LogP contribution in [0.5, 0.6) is 11.5 Å². The molecule has 0 unspecified atom stereocenters. The highest BCUT2D eigenvalue weighted by Crippen LogP contribution is 2.23. The molecule has 0 saturated heterocycles. The first-order chi connectivity index (χ1) is 10.2. The van der Waals surface area contributed by atoms with E-state index >= 15 is 0 Å². The SMILES string of the molecule is COc1ccc(CCC(=O)Nc2ccccc2OC)cc1. The Kier molecular flexibility index (Phi) is 5.21. The van der Waals surface area contributed by atoms with Crippen molar-refractivity contribution in [1.82, 2.24) is 0 Å². The third-order valence-electron chi connectivity index (χ3n) is 3.18. The van der Waals surface area contributed by atoms with Crippen LogP contribution in [0.25, 0.3) is 0 Å². The van der Waals surface area contributed by atoms with Crippen molar-refractivity contribution in [1.29, 1.82) is 0 Å². The Morgan fingerprint density at radius 2 is 1.71 bits per heavy atom. The summed E-state index contributed by atoms with van der Waals surface area (Å²) in [6.45, 7) is 0. The summed E-state index contributed by atoms with van der Waals surface area (Å²) < 4.78 is 10.3. The van der Waals surface area contributed by atoms with Crippen molar-refractivity contribution in [3.05, 3.63) is 54.1 Å². The van der Waals surface area contributed by atoms with Crippen molar-refractivity contribution in [2.75, 3.05) is 19.5 Å². The summed E-state index contributed by atoms with van der Waals surface area (Å²) in [5, 5.41) is 2.87. The maximum Gasteiger partial charge on any atom is 0.224 e. The quantitative estimate of drug-likeness (QED) is 0.886. The lowest BCUT2D eigenvalue weighted by atomic mass is 10.1. The molecular weight excluding hydrogens is 266 g/mol. The molecule has 4 heteroatoms. The van der Waals surface area contributed by atoms with Gasteiger partial charge in [-0.1, -0.05) is 24.3 Å². The molecule has 2 aromatic rings. The Morgan fingerprint density at radius 3 is 2.38 bits per heavy atom. The minimum absolute atomic E-state index is 0.0321. The average molecular weight is 285 g/mol. The summed E-state index contributed by atoms with van der Waals surface area (Å²) in [5.74, 6) is 1.45. The van der Waals surface area contributed by atoms with Gasteiger partial charge in [-0.2, -0.15) is 0 Å². The van der Waals surface area contributed by atoms with E-state index in [0.29, 0.717) is 24.3 Å². The fraction of sp³-hybridized carbons (Fsp3) is 0.235. The van der Waals surface area contributed by atoms with Gasteiger partial charge in [0.05, 0.1) is 19.9 Å². The third kappa shape index (κ3) is 4.24. The fourth-order valence-corrected chi connectivity index (χ4v) is 2.01. The van der Waals surface area contributed by atoms with Crippen molar-refractivity contribution in [2.24, 2.45) is 0 Å². The average Bonchev–Trinajstić information content (AvgIpc) is 2.54. The molecule has 0 aliphatic rings. The fourth-order valence-electron chi connectivity index (χ4n) is 2.01. The van der Waals surface area contributed by atoms with Crippen molar-refractivity contribution in [2.45, 2.75) is 12.8 Å². The Labute approximate surface area is 124 Å². The van der Waals surface area contributed by atoms with Crippen molar-refractivity contribution in [3.8, 4) is 11.5 Å². The standard InChI is InChI=1S/C17H19NO3/c1-20-14-10-7-13(8-11-14)9-12-17(19)18-15-5-3-4-6-16(15)21-2/h3-8,10-11H,9,12H2,1-2H3,(H,18,19). The molecule has 2 aromatic carbocycles. The second kappa shape index (κ2) is 7.33. The number of amides is 1. The summed E-state index contributed by atoms with van der Waals surface area (Å²) in [7, 11) is 3.22. The highest BCUT2D eigenvalue weighted by Gasteiger charge is 2.07. The molecule has 110 valence electrons. The molecule has 0 saturated carbocycles. The van der Waals surface area contributed by atoms with Gasteiger partial charge in [-0.15, -0.1) is 0 Å². The van der Waals surface area contributed by atoms with E-state index in [1.165, 1.54) is 0 Å². The molecule has 0 fully saturated rings. The number of hydrogen-bond acceptors (Lipinski definition) is 3. The Morgan fingerprint density at radius 1 is 1.00 bits per heavy atom. The zero-order valence-corrected chi connectivity index (χ0v) is 12.3. The minimum Gasteiger partial charge on any atom is -0.497 e. The number of nitrogens with one attached hydrogen (secondary N) is 1. The van der Waals surface area contributed by atoms with E-state index in [4.69, 9.17) is 9.47 Å². The van der Waals surface area contributed by atoms with E-state index in [-0.39, 0.29) is 5.91 Å². The summed E-state index contributed by atoms with van der Waals surface area (Å²) >= 11 is 0. The summed E-state index contributed by atoms with van der Waals surface area (Å²) in [4.78, 5) is 12.0. The van der Waals surface area contributed by atoms with Crippen molar-refractivity contribution >= 4 is 11.6 Å². The van der Waals surface area contributed by atoms with E-state index in [1.807, 2.05) is 48.5 Å². The first kappa shape index (κ1) is 14.9. The maximum absolute atomic E-state index is 12.0. The largest absolute Gasteiger partial charge is 0.497 e. The summed E-state index contributed by atoms with van der Waals surface area (Å²) in [6, 6.07) is 15.1. The van der Waals surface area contributed by atoms with Gasteiger partial charge in [0.15, 0.2) is 0 Å². The van der Waals surface area contributed by atoms with Crippen LogP contribution in [0.3, 0.4) is 0 Å². The molecule has 0 atom stereocenters. The highest BCUT2D eigenvalue weighted by molar-refractivity contribution is 5.92. The third-order valence-corrected chi connectivity index (χ3v) is 3.18. The molecule has 0 spiro atoms. The number of benzene rings is 2. The number of rotatable bonds is 6. The zero-order chi connectivity index (χ0) is 15.1. The van der Waals surface area contributed by atoms with Crippen LogP contribution in [0, 0.1) is 0 Å². The number of ether oxygens (including phenoxy) is 2. The summed E-state index contributed by atoms with van der Waals surface area (Å²) in [6.07, 6.45) is 1.11. The lowest BCUT2D eigenvalue weighted by Crippen LogP contribution is -2.13. The van der Waals surface area contributed by atoms with Crippen LogP contribution in [0.4, 0.5) is 5.69 Å². The monoisotopic (exact) mass is 285 g/mol. The van der Waals surface area contributed by atoms with Crippen LogP contribution in [0.2, 0.25) is 0 Å². The second-order valence-corrected chi connectivity index (χ2v) is 4.60. The number of anilines is 1. The number of methoxy groups -OCH3 is 2. The van der Waals surface area contributed by atoms with Crippen LogP contribution < -0.4 is 14.8 Å². The molecular formula is C17H19NO3. The molecule has 1 amide bonds. The van der Waals surface area contributed by atoms with E-state index < -0.39 is 0 Å². The predicted molar refractivity (Wildman–Crippen MR) is 82.9 cm³/mol. The van der Waals surface area contributed by atoms with Gasteiger partial charge >= 0.3 is 0 Å². The normalized spacial score (nSPS) is 10.0. The predicted octanol–water partition coefficient (Wildman–Crippen LogP) is 3.28. The number of para-hydroxylation sites is 2. The zero-order valence-electron chi connectivity index (χ0n) is 12.3. The van der Waals surface area contributed by atoms with Crippen LogP contribution in [0.15, 0.2) is 48.5 Å². The van der Waals surface area contributed by atoms with E-state index in [0.717, 1.165) is 11.3 Å². The van der Waals surface area contributed by atoms with Gasteiger partial charge in [-0.05, 0) is 36.2 Å². The Balaban J connectivity index is 1.89. The number of carbonyl (C=O) groups is 1. The van der Waals surface area contributed by atoms with Crippen LogP contribution >= 0.6 is 0 Å².